The van der Waals surface area contributed by atoms with Gasteiger partial charge >= 0.3 is 0 Å². The summed E-state index contributed by atoms with van der Waals surface area (Å²) in [5.74, 6) is 0. The third-order valence-electron chi connectivity index (χ3n) is 3.38. The summed E-state index contributed by atoms with van der Waals surface area (Å²) in [4.78, 5) is 2.36. The fraction of sp³-hybridized carbons (Fsp3) is 0.333. The van der Waals surface area contributed by atoms with E-state index < -0.39 is 10.0 Å². The summed E-state index contributed by atoms with van der Waals surface area (Å²) in [6.45, 7) is 5.72. The number of benzene rings is 1. The van der Waals surface area contributed by atoms with Gasteiger partial charge in [0.15, 0.2) is 0 Å². The SMILES string of the molecule is Cc1ccc(CNS(=O)(=O)c2cc(CO)cc(C)c2C)s1. The summed E-state index contributed by atoms with van der Waals surface area (Å²) in [6.07, 6.45) is 0. The Morgan fingerprint density at radius 1 is 1.19 bits per heavy atom. The van der Waals surface area contributed by atoms with Gasteiger partial charge in [0.05, 0.1) is 11.5 Å². The molecular formula is C15H19NO3S2. The predicted octanol–water partition coefficient (Wildman–Crippen LogP) is 2.64. The van der Waals surface area contributed by atoms with E-state index in [1.807, 2.05) is 26.0 Å². The van der Waals surface area contributed by atoms with Gasteiger partial charge in [-0.05, 0) is 55.7 Å². The van der Waals surface area contributed by atoms with Crippen molar-refractivity contribution in [1.29, 1.82) is 0 Å². The third kappa shape index (κ3) is 3.71. The molecule has 2 N–H and O–H groups in total. The molecule has 2 aromatic rings. The lowest BCUT2D eigenvalue weighted by atomic mass is 10.1. The van der Waals surface area contributed by atoms with Crippen molar-refractivity contribution >= 4 is 21.4 Å². The summed E-state index contributed by atoms with van der Waals surface area (Å²) in [7, 11) is -3.59. The van der Waals surface area contributed by atoms with Crippen LogP contribution in [0.2, 0.25) is 0 Å². The van der Waals surface area contributed by atoms with Crippen LogP contribution in [0, 0.1) is 20.8 Å². The fourth-order valence-corrected chi connectivity index (χ4v) is 4.39. The lowest BCUT2D eigenvalue weighted by Crippen LogP contribution is -2.24. The van der Waals surface area contributed by atoms with Gasteiger partial charge < -0.3 is 5.11 Å². The maximum atomic E-state index is 12.5. The molecule has 0 aliphatic heterocycles. The van der Waals surface area contributed by atoms with Crippen LogP contribution >= 0.6 is 11.3 Å². The van der Waals surface area contributed by atoms with E-state index in [1.165, 1.54) is 6.07 Å². The van der Waals surface area contributed by atoms with Crippen LogP contribution in [-0.2, 0) is 23.2 Å². The van der Waals surface area contributed by atoms with Crippen LogP contribution in [0.3, 0.4) is 0 Å². The van der Waals surface area contributed by atoms with Crippen molar-refractivity contribution in [2.45, 2.75) is 38.8 Å². The van der Waals surface area contributed by atoms with Gasteiger partial charge in [0.2, 0.25) is 10.0 Å². The number of nitrogens with one attached hydrogen (secondary N) is 1. The van der Waals surface area contributed by atoms with Crippen LogP contribution in [-0.4, -0.2) is 13.5 Å². The first-order valence-electron chi connectivity index (χ1n) is 6.59. The highest BCUT2D eigenvalue weighted by atomic mass is 32.2. The highest BCUT2D eigenvalue weighted by Gasteiger charge is 2.19. The van der Waals surface area contributed by atoms with E-state index in [0.717, 1.165) is 15.3 Å². The van der Waals surface area contributed by atoms with Crippen molar-refractivity contribution in [3.63, 3.8) is 0 Å². The third-order valence-corrected chi connectivity index (χ3v) is 5.91. The Morgan fingerprint density at radius 2 is 1.90 bits per heavy atom. The second-order valence-corrected chi connectivity index (χ2v) is 8.14. The van der Waals surface area contributed by atoms with Gasteiger partial charge in [-0.2, -0.15) is 0 Å². The second kappa shape index (κ2) is 6.27. The van der Waals surface area contributed by atoms with Crippen molar-refractivity contribution < 1.29 is 13.5 Å². The van der Waals surface area contributed by atoms with Crippen molar-refractivity contribution in [3.8, 4) is 0 Å². The van der Waals surface area contributed by atoms with Crippen LogP contribution in [0.5, 0.6) is 0 Å². The largest absolute Gasteiger partial charge is 0.392 e. The molecule has 0 saturated heterocycles. The summed E-state index contributed by atoms with van der Waals surface area (Å²) in [5, 5.41) is 9.24. The van der Waals surface area contributed by atoms with E-state index >= 15 is 0 Å². The number of sulfonamides is 1. The maximum absolute atomic E-state index is 12.5. The standard InChI is InChI=1S/C15H19NO3S2/c1-10-6-13(9-17)7-15(12(10)3)21(18,19)16-8-14-5-4-11(2)20-14/h4-7,16-17H,8-9H2,1-3H3. The molecule has 0 radical (unpaired) electrons. The molecule has 0 saturated carbocycles. The Hall–Kier alpha value is -1.21. The molecule has 0 amide bonds. The van der Waals surface area contributed by atoms with Gasteiger partial charge in [0.25, 0.3) is 0 Å². The summed E-state index contributed by atoms with van der Waals surface area (Å²) in [6, 6.07) is 7.22. The smallest absolute Gasteiger partial charge is 0.241 e. The highest BCUT2D eigenvalue weighted by molar-refractivity contribution is 7.89. The Kier molecular flexibility index (Phi) is 4.83. The number of rotatable bonds is 5. The minimum absolute atomic E-state index is 0.173. The molecule has 0 spiro atoms. The number of aryl methyl sites for hydroxylation is 2. The molecule has 21 heavy (non-hydrogen) atoms. The van der Waals surface area contributed by atoms with Crippen molar-refractivity contribution in [2.75, 3.05) is 0 Å². The lowest BCUT2D eigenvalue weighted by Gasteiger charge is -2.12. The molecule has 0 atom stereocenters. The topological polar surface area (TPSA) is 66.4 Å². The summed E-state index contributed by atoms with van der Waals surface area (Å²) < 4.78 is 27.6. The van der Waals surface area contributed by atoms with Gasteiger partial charge in [0, 0.05) is 16.3 Å². The van der Waals surface area contributed by atoms with Crippen molar-refractivity contribution in [2.24, 2.45) is 0 Å². The Labute approximate surface area is 129 Å². The number of aliphatic hydroxyl groups excluding tert-OH is 1. The maximum Gasteiger partial charge on any atom is 0.241 e. The van der Waals surface area contributed by atoms with Crippen LogP contribution in [0.25, 0.3) is 0 Å². The first-order chi connectivity index (χ1) is 9.83. The molecule has 0 aliphatic carbocycles. The van der Waals surface area contributed by atoms with Crippen LogP contribution in [0.15, 0.2) is 29.2 Å². The first kappa shape index (κ1) is 16.2. The Morgan fingerprint density at radius 3 is 2.48 bits per heavy atom. The molecule has 0 unspecified atom stereocenters. The monoisotopic (exact) mass is 325 g/mol. The zero-order valence-electron chi connectivity index (χ0n) is 12.3. The molecule has 114 valence electrons. The minimum Gasteiger partial charge on any atom is -0.392 e. The highest BCUT2D eigenvalue weighted by Crippen LogP contribution is 2.22. The van der Waals surface area contributed by atoms with E-state index in [9.17, 15) is 13.5 Å². The lowest BCUT2D eigenvalue weighted by molar-refractivity contribution is 0.281. The van der Waals surface area contributed by atoms with Crippen molar-refractivity contribution in [1.82, 2.24) is 4.72 Å². The van der Waals surface area contributed by atoms with Crippen LogP contribution in [0.4, 0.5) is 0 Å². The normalized spacial score (nSPS) is 11.8. The average molecular weight is 325 g/mol. The Bertz CT molecular complexity index is 748. The van der Waals surface area contributed by atoms with E-state index in [2.05, 4.69) is 4.72 Å². The van der Waals surface area contributed by atoms with E-state index in [0.29, 0.717) is 11.1 Å². The van der Waals surface area contributed by atoms with Crippen LogP contribution in [0.1, 0.15) is 26.4 Å². The average Bonchev–Trinajstić information content (AvgIpc) is 2.85. The molecule has 0 fully saturated rings. The van der Waals surface area contributed by atoms with Gasteiger partial charge in [-0.25, -0.2) is 13.1 Å². The van der Waals surface area contributed by atoms with Crippen LogP contribution < -0.4 is 4.72 Å². The molecule has 0 bridgehead atoms. The zero-order chi connectivity index (χ0) is 15.6. The molecule has 0 aliphatic rings. The number of aliphatic hydroxyl groups is 1. The Balaban J connectivity index is 2.29. The van der Waals surface area contributed by atoms with Gasteiger partial charge in [-0.15, -0.1) is 11.3 Å². The van der Waals surface area contributed by atoms with Gasteiger partial charge in [0.1, 0.15) is 0 Å². The molecule has 1 heterocycles. The molecule has 4 nitrogen and oxygen atoms in total. The molecule has 2 rings (SSSR count). The van der Waals surface area contributed by atoms with E-state index in [1.54, 1.807) is 24.3 Å². The summed E-state index contributed by atoms with van der Waals surface area (Å²) in [5.41, 5.74) is 2.17. The summed E-state index contributed by atoms with van der Waals surface area (Å²) >= 11 is 1.57. The van der Waals surface area contributed by atoms with Gasteiger partial charge in [-0.3, -0.25) is 0 Å². The number of hydrogen-bond donors (Lipinski definition) is 2. The fourth-order valence-electron chi connectivity index (χ4n) is 2.09. The minimum atomic E-state index is -3.59. The predicted molar refractivity (Wildman–Crippen MR) is 84.9 cm³/mol. The second-order valence-electron chi connectivity index (χ2n) is 5.03. The molecule has 6 heteroatoms. The van der Waals surface area contributed by atoms with Gasteiger partial charge in [-0.1, -0.05) is 6.07 Å². The first-order valence-corrected chi connectivity index (χ1v) is 8.89. The molecular weight excluding hydrogens is 306 g/mol. The number of hydrogen-bond acceptors (Lipinski definition) is 4. The molecule has 1 aromatic carbocycles. The quantitative estimate of drug-likeness (QED) is 0.888. The molecule has 1 aromatic heterocycles. The number of thiophene rings is 1. The van der Waals surface area contributed by atoms with E-state index in [4.69, 9.17) is 0 Å². The van der Waals surface area contributed by atoms with E-state index in [-0.39, 0.29) is 18.0 Å². The zero-order valence-corrected chi connectivity index (χ0v) is 13.9. The van der Waals surface area contributed by atoms with Crippen molar-refractivity contribution in [3.05, 3.63) is 50.7 Å².